The number of morpholine rings is 1. The maximum absolute atomic E-state index is 5.85. The van der Waals surface area contributed by atoms with E-state index in [1.165, 1.54) is 11.1 Å². The van der Waals surface area contributed by atoms with Crippen LogP contribution < -0.4 is 4.74 Å². The van der Waals surface area contributed by atoms with Crippen LogP contribution in [0.5, 0.6) is 5.75 Å². The van der Waals surface area contributed by atoms with Crippen LogP contribution in [0, 0.1) is 13.8 Å². The van der Waals surface area contributed by atoms with Crippen molar-refractivity contribution in [1.29, 1.82) is 0 Å². The van der Waals surface area contributed by atoms with Crippen molar-refractivity contribution in [3.63, 3.8) is 0 Å². The molecule has 0 atom stereocenters. The zero-order valence-electron chi connectivity index (χ0n) is 11.4. The minimum absolute atomic E-state index is 0.793. The molecule has 1 aliphatic rings. The van der Waals surface area contributed by atoms with E-state index in [0.717, 1.165) is 51.6 Å². The lowest BCUT2D eigenvalue weighted by Gasteiger charge is -2.26. The molecule has 3 nitrogen and oxygen atoms in total. The van der Waals surface area contributed by atoms with Gasteiger partial charge in [-0.1, -0.05) is 12.1 Å². The maximum Gasteiger partial charge on any atom is 0.122 e. The number of aryl methyl sites for hydroxylation is 2. The number of benzene rings is 1. The van der Waals surface area contributed by atoms with Crippen molar-refractivity contribution in [3.05, 3.63) is 29.3 Å². The summed E-state index contributed by atoms with van der Waals surface area (Å²) in [5.41, 5.74) is 2.47. The third-order valence-corrected chi connectivity index (χ3v) is 3.32. The van der Waals surface area contributed by atoms with Gasteiger partial charge in [-0.3, -0.25) is 4.90 Å². The molecule has 100 valence electrons. The molecule has 3 heteroatoms. The van der Waals surface area contributed by atoms with Crippen LogP contribution in [0.15, 0.2) is 18.2 Å². The highest BCUT2D eigenvalue weighted by Gasteiger charge is 2.09. The molecule has 0 radical (unpaired) electrons. The second-order valence-corrected chi connectivity index (χ2v) is 4.92. The summed E-state index contributed by atoms with van der Waals surface area (Å²) in [4.78, 5) is 2.44. The van der Waals surface area contributed by atoms with E-state index < -0.39 is 0 Å². The highest BCUT2D eigenvalue weighted by molar-refractivity contribution is 5.35. The fourth-order valence-electron chi connectivity index (χ4n) is 2.16. The van der Waals surface area contributed by atoms with Gasteiger partial charge in [0.1, 0.15) is 5.75 Å². The molecule has 1 fully saturated rings. The number of ether oxygens (including phenoxy) is 2. The van der Waals surface area contributed by atoms with Crippen molar-refractivity contribution >= 4 is 0 Å². The fourth-order valence-corrected chi connectivity index (χ4v) is 2.16. The largest absolute Gasteiger partial charge is 0.493 e. The van der Waals surface area contributed by atoms with Crippen molar-refractivity contribution in [2.75, 3.05) is 39.5 Å². The summed E-state index contributed by atoms with van der Waals surface area (Å²) in [6.07, 6.45) is 1.08. The van der Waals surface area contributed by atoms with Crippen molar-refractivity contribution in [2.24, 2.45) is 0 Å². The molecular weight excluding hydrogens is 226 g/mol. The molecule has 0 aliphatic carbocycles. The van der Waals surface area contributed by atoms with E-state index >= 15 is 0 Å². The molecule has 18 heavy (non-hydrogen) atoms. The van der Waals surface area contributed by atoms with Crippen LogP contribution in [0.25, 0.3) is 0 Å². The molecule has 1 aliphatic heterocycles. The highest BCUT2D eigenvalue weighted by Crippen LogP contribution is 2.19. The Hall–Kier alpha value is -1.06. The van der Waals surface area contributed by atoms with Crippen molar-refractivity contribution in [3.8, 4) is 5.75 Å². The molecule has 1 aromatic rings. The minimum Gasteiger partial charge on any atom is -0.493 e. The Bertz CT molecular complexity index is 373. The topological polar surface area (TPSA) is 21.7 Å². The van der Waals surface area contributed by atoms with Gasteiger partial charge in [0.05, 0.1) is 19.8 Å². The molecule has 2 rings (SSSR count). The number of hydrogen-bond donors (Lipinski definition) is 0. The molecule has 0 N–H and O–H groups in total. The first-order valence-corrected chi connectivity index (χ1v) is 6.76. The summed E-state index contributed by atoms with van der Waals surface area (Å²) < 4.78 is 11.2. The summed E-state index contributed by atoms with van der Waals surface area (Å²) in [6, 6.07) is 6.35. The summed E-state index contributed by atoms with van der Waals surface area (Å²) in [5.74, 6) is 1.02. The SMILES string of the molecule is Cc1ccc(C)c(OCCCN2CCOCC2)c1. The lowest BCUT2D eigenvalue weighted by atomic mass is 10.1. The first-order valence-electron chi connectivity index (χ1n) is 6.76. The van der Waals surface area contributed by atoms with Crippen LogP contribution in [-0.2, 0) is 4.74 Å². The smallest absolute Gasteiger partial charge is 0.122 e. The average molecular weight is 249 g/mol. The molecule has 0 unspecified atom stereocenters. The van der Waals surface area contributed by atoms with E-state index in [9.17, 15) is 0 Å². The van der Waals surface area contributed by atoms with E-state index in [1.807, 2.05) is 0 Å². The van der Waals surface area contributed by atoms with Crippen molar-refractivity contribution in [2.45, 2.75) is 20.3 Å². The maximum atomic E-state index is 5.85. The number of nitrogens with zero attached hydrogens (tertiary/aromatic N) is 1. The Morgan fingerprint density at radius 3 is 2.78 bits per heavy atom. The Labute approximate surface area is 110 Å². The zero-order valence-corrected chi connectivity index (χ0v) is 11.4. The normalized spacial score (nSPS) is 16.8. The number of hydrogen-bond acceptors (Lipinski definition) is 3. The third-order valence-electron chi connectivity index (χ3n) is 3.32. The van der Waals surface area contributed by atoms with E-state index in [0.29, 0.717) is 0 Å². The predicted octanol–water partition coefficient (Wildman–Crippen LogP) is 2.40. The van der Waals surface area contributed by atoms with E-state index in [2.05, 4.69) is 36.9 Å². The Kier molecular flexibility index (Phi) is 5.02. The summed E-state index contributed by atoms with van der Waals surface area (Å²) in [6.45, 7) is 9.95. The van der Waals surface area contributed by atoms with Gasteiger partial charge in [0.2, 0.25) is 0 Å². The fraction of sp³-hybridized carbons (Fsp3) is 0.600. The zero-order chi connectivity index (χ0) is 12.8. The standard InChI is InChI=1S/C15H23NO2/c1-13-4-5-14(2)15(12-13)18-9-3-6-16-7-10-17-11-8-16/h4-5,12H,3,6-11H2,1-2H3. The van der Waals surface area contributed by atoms with E-state index in [4.69, 9.17) is 9.47 Å². The van der Waals surface area contributed by atoms with Crippen LogP contribution in [0.1, 0.15) is 17.5 Å². The Morgan fingerprint density at radius 1 is 1.22 bits per heavy atom. The van der Waals surface area contributed by atoms with Gasteiger partial charge < -0.3 is 9.47 Å². The van der Waals surface area contributed by atoms with Crippen molar-refractivity contribution in [1.82, 2.24) is 4.90 Å². The second kappa shape index (κ2) is 6.76. The first kappa shape index (κ1) is 13.4. The number of rotatable bonds is 5. The van der Waals surface area contributed by atoms with Crippen molar-refractivity contribution < 1.29 is 9.47 Å². The Balaban J connectivity index is 1.69. The van der Waals surface area contributed by atoms with Crippen LogP contribution in [0.4, 0.5) is 0 Å². The second-order valence-electron chi connectivity index (χ2n) is 4.92. The summed E-state index contributed by atoms with van der Waals surface area (Å²) in [7, 11) is 0. The Morgan fingerprint density at radius 2 is 2.00 bits per heavy atom. The molecule has 0 bridgehead atoms. The summed E-state index contributed by atoms with van der Waals surface area (Å²) in [5, 5.41) is 0. The lowest BCUT2D eigenvalue weighted by Crippen LogP contribution is -2.37. The van der Waals surface area contributed by atoms with Gasteiger partial charge >= 0.3 is 0 Å². The molecular formula is C15H23NO2. The van der Waals surface area contributed by atoms with E-state index in [-0.39, 0.29) is 0 Å². The minimum atomic E-state index is 0.793. The molecule has 0 spiro atoms. The quantitative estimate of drug-likeness (QED) is 0.748. The van der Waals surface area contributed by atoms with Gasteiger partial charge in [-0.2, -0.15) is 0 Å². The third kappa shape index (κ3) is 4.00. The van der Waals surface area contributed by atoms with Gasteiger partial charge in [-0.15, -0.1) is 0 Å². The first-order chi connectivity index (χ1) is 8.75. The molecule has 0 saturated carbocycles. The lowest BCUT2D eigenvalue weighted by molar-refractivity contribution is 0.0358. The van der Waals surface area contributed by atoms with Gasteiger partial charge in [0.25, 0.3) is 0 Å². The molecule has 0 aromatic heterocycles. The van der Waals surface area contributed by atoms with Gasteiger partial charge in [0.15, 0.2) is 0 Å². The van der Waals surface area contributed by atoms with Gasteiger partial charge in [-0.05, 0) is 37.5 Å². The predicted molar refractivity (Wildman–Crippen MR) is 73.3 cm³/mol. The summed E-state index contributed by atoms with van der Waals surface area (Å²) >= 11 is 0. The molecule has 1 saturated heterocycles. The van der Waals surface area contributed by atoms with Crippen LogP contribution in [0.3, 0.4) is 0 Å². The highest BCUT2D eigenvalue weighted by atomic mass is 16.5. The van der Waals surface area contributed by atoms with Gasteiger partial charge in [0, 0.05) is 19.6 Å². The van der Waals surface area contributed by atoms with E-state index in [1.54, 1.807) is 0 Å². The molecule has 1 heterocycles. The monoisotopic (exact) mass is 249 g/mol. The molecule has 1 aromatic carbocycles. The van der Waals surface area contributed by atoms with Crippen LogP contribution in [0.2, 0.25) is 0 Å². The molecule has 0 amide bonds. The average Bonchev–Trinajstić information content (AvgIpc) is 2.40. The van der Waals surface area contributed by atoms with Gasteiger partial charge in [-0.25, -0.2) is 0 Å². The van der Waals surface area contributed by atoms with Crippen LogP contribution >= 0.6 is 0 Å². The van der Waals surface area contributed by atoms with Crippen LogP contribution in [-0.4, -0.2) is 44.4 Å².